The first-order valence-corrected chi connectivity index (χ1v) is 9.65. The van der Waals surface area contributed by atoms with Crippen molar-refractivity contribution in [3.63, 3.8) is 0 Å². The molecule has 0 spiro atoms. The molecule has 0 fully saturated rings. The van der Waals surface area contributed by atoms with E-state index in [4.69, 9.17) is 5.73 Å². The molecule has 11 heteroatoms. The van der Waals surface area contributed by atoms with Gasteiger partial charge in [0.1, 0.15) is 17.5 Å². The van der Waals surface area contributed by atoms with Crippen molar-refractivity contribution in [3.05, 3.63) is 77.6 Å². The minimum atomic E-state index is -4.84. The summed E-state index contributed by atoms with van der Waals surface area (Å²) < 4.78 is 42.2. The molecule has 1 unspecified atom stereocenters. The maximum absolute atomic E-state index is 13.0. The molecule has 1 aromatic heterocycles. The van der Waals surface area contributed by atoms with Crippen LogP contribution >= 0.6 is 0 Å². The van der Waals surface area contributed by atoms with Crippen LogP contribution in [0.2, 0.25) is 0 Å². The lowest BCUT2D eigenvalue weighted by atomic mass is 10.0. The number of Topliss-reactive ketones (excluding diaryl/α,β-unsaturated/α-hetero) is 1. The Morgan fingerprint density at radius 2 is 1.73 bits per heavy atom. The SMILES string of the molecule is Cc1cc(C(=O)NC(Cc2ccccc2)C(=O)C(N)=O)n(-c2ccc(OC(F)(F)F)cc2)n1. The van der Waals surface area contributed by atoms with Crippen LogP contribution < -0.4 is 15.8 Å². The monoisotopic (exact) mass is 460 g/mol. The molecule has 0 aliphatic rings. The zero-order valence-electron chi connectivity index (χ0n) is 17.3. The third kappa shape index (κ3) is 6.19. The molecule has 1 atom stereocenters. The smallest absolute Gasteiger partial charge is 0.406 e. The van der Waals surface area contributed by atoms with Gasteiger partial charge < -0.3 is 15.8 Å². The Morgan fingerprint density at radius 1 is 1.09 bits per heavy atom. The van der Waals surface area contributed by atoms with Crippen molar-refractivity contribution in [2.24, 2.45) is 5.73 Å². The van der Waals surface area contributed by atoms with Gasteiger partial charge in [-0.25, -0.2) is 4.68 Å². The highest BCUT2D eigenvalue weighted by Crippen LogP contribution is 2.24. The highest BCUT2D eigenvalue weighted by molar-refractivity contribution is 6.38. The molecule has 3 rings (SSSR count). The number of ether oxygens (including phenoxy) is 1. The summed E-state index contributed by atoms with van der Waals surface area (Å²) in [6.07, 6.45) is -4.81. The molecular weight excluding hydrogens is 441 g/mol. The number of alkyl halides is 3. The predicted molar refractivity (Wildman–Crippen MR) is 111 cm³/mol. The fourth-order valence-electron chi connectivity index (χ4n) is 3.11. The van der Waals surface area contributed by atoms with E-state index in [1.165, 1.54) is 22.9 Å². The summed E-state index contributed by atoms with van der Waals surface area (Å²) in [7, 11) is 0. The van der Waals surface area contributed by atoms with Gasteiger partial charge in [0.15, 0.2) is 0 Å². The topological polar surface area (TPSA) is 116 Å². The lowest BCUT2D eigenvalue weighted by Gasteiger charge is -2.17. The zero-order valence-corrected chi connectivity index (χ0v) is 17.3. The Morgan fingerprint density at radius 3 is 2.30 bits per heavy atom. The van der Waals surface area contributed by atoms with E-state index < -0.39 is 35.8 Å². The Balaban J connectivity index is 1.86. The van der Waals surface area contributed by atoms with E-state index in [1.807, 2.05) is 0 Å². The number of hydrogen-bond acceptors (Lipinski definition) is 5. The van der Waals surface area contributed by atoms with E-state index in [9.17, 15) is 27.6 Å². The molecule has 1 heterocycles. The lowest BCUT2D eigenvalue weighted by Crippen LogP contribution is -2.47. The van der Waals surface area contributed by atoms with E-state index in [0.29, 0.717) is 11.3 Å². The molecule has 8 nitrogen and oxygen atoms in total. The van der Waals surface area contributed by atoms with E-state index in [-0.39, 0.29) is 17.8 Å². The zero-order chi connectivity index (χ0) is 24.2. The van der Waals surface area contributed by atoms with Crippen LogP contribution in [0.1, 0.15) is 21.7 Å². The number of benzene rings is 2. The summed E-state index contributed by atoms with van der Waals surface area (Å²) in [4.78, 5) is 36.8. The van der Waals surface area contributed by atoms with Crippen molar-refractivity contribution in [2.75, 3.05) is 0 Å². The second kappa shape index (κ2) is 9.55. The molecule has 2 aromatic carbocycles. The Kier molecular flexibility index (Phi) is 6.80. The van der Waals surface area contributed by atoms with Crippen LogP contribution in [-0.4, -0.2) is 39.8 Å². The highest BCUT2D eigenvalue weighted by Gasteiger charge is 2.31. The number of ketones is 1. The fraction of sp³-hybridized carbons (Fsp3) is 0.182. The predicted octanol–water partition coefficient (Wildman–Crippen LogP) is 2.47. The summed E-state index contributed by atoms with van der Waals surface area (Å²) in [6, 6.07) is 13.7. The number of primary amides is 1. The molecule has 0 aliphatic heterocycles. The maximum atomic E-state index is 13.0. The number of hydrogen-bond donors (Lipinski definition) is 2. The Bertz CT molecular complexity index is 1160. The number of carbonyl (C=O) groups excluding carboxylic acids is 3. The van der Waals surface area contributed by atoms with Crippen molar-refractivity contribution in [2.45, 2.75) is 25.7 Å². The number of amides is 2. The van der Waals surface area contributed by atoms with Gasteiger partial charge in [-0.2, -0.15) is 5.10 Å². The molecule has 172 valence electrons. The van der Waals surface area contributed by atoms with Crippen LogP contribution in [-0.2, 0) is 16.0 Å². The number of rotatable bonds is 8. The van der Waals surface area contributed by atoms with Gasteiger partial charge >= 0.3 is 6.36 Å². The van der Waals surface area contributed by atoms with Crippen LogP contribution in [0.3, 0.4) is 0 Å². The third-order valence-electron chi connectivity index (χ3n) is 4.53. The standard InChI is InChI=1S/C22H19F3N4O4/c1-13-11-18(29(28-13)15-7-9-16(10-8-15)33-22(23,24)25)21(32)27-17(19(30)20(26)31)12-14-5-3-2-4-6-14/h2-11,17H,12H2,1H3,(H2,26,31)(H,27,32). The number of halogens is 3. The largest absolute Gasteiger partial charge is 0.573 e. The second-order valence-electron chi connectivity index (χ2n) is 7.07. The first-order valence-electron chi connectivity index (χ1n) is 9.65. The Labute approximate surface area is 186 Å². The van der Waals surface area contributed by atoms with Crippen molar-refractivity contribution in [3.8, 4) is 11.4 Å². The normalized spacial score (nSPS) is 12.1. The van der Waals surface area contributed by atoms with Crippen LogP contribution in [0.25, 0.3) is 5.69 Å². The lowest BCUT2D eigenvalue weighted by molar-refractivity contribution is -0.274. The molecule has 3 aromatic rings. The van der Waals surface area contributed by atoms with Crippen molar-refractivity contribution >= 4 is 17.6 Å². The first kappa shape index (κ1) is 23.5. The molecule has 0 saturated carbocycles. The van der Waals surface area contributed by atoms with Crippen molar-refractivity contribution in [1.82, 2.24) is 15.1 Å². The number of nitrogens with zero attached hydrogens (tertiary/aromatic N) is 2. The van der Waals surface area contributed by atoms with Gasteiger partial charge in [0.05, 0.1) is 11.4 Å². The summed E-state index contributed by atoms with van der Waals surface area (Å²) in [5.74, 6) is -3.32. The summed E-state index contributed by atoms with van der Waals surface area (Å²) in [6.45, 7) is 1.62. The van der Waals surface area contributed by atoms with E-state index in [1.54, 1.807) is 37.3 Å². The van der Waals surface area contributed by atoms with Gasteiger partial charge in [-0.15, -0.1) is 13.2 Å². The summed E-state index contributed by atoms with van der Waals surface area (Å²) >= 11 is 0. The molecule has 3 N–H and O–H groups in total. The van der Waals surface area contributed by atoms with Gasteiger partial charge in [-0.1, -0.05) is 30.3 Å². The van der Waals surface area contributed by atoms with Gasteiger partial charge in [-0.05, 0) is 42.8 Å². The average Bonchev–Trinajstić information content (AvgIpc) is 3.14. The van der Waals surface area contributed by atoms with E-state index >= 15 is 0 Å². The van der Waals surface area contributed by atoms with E-state index in [0.717, 1.165) is 12.1 Å². The van der Waals surface area contributed by atoms with Gasteiger partial charge in [-0.3, -0.25) is 14.4 Å². The molecule has 0 bridgehead atoms. The van der Waals surface area contributed by atoms with Crippen LogP contribution in [0.4, 0.5) is 13.2 Å². The minimum absolute atomic E-state index is 0.00678. The highest BCUT2D eigenvalue weighted by atomic mass is 19.4. The Hall–Kier alpha value is -4.15. The molecule has 33 heavy (non-hydrogen) atoms. The number of aryl methyl sites for hydroxylation is 1. The molecule has 0 radical (unpaired) electrons. The summed E-state index contributed by atoms with van der Waals surface area (Å²) in [5.41, 5.74) is 6.56. The summed E-state index contributed by atoms with van der Waals surface area (Å²) in [5, 5.41) is 6.70. The third-order valence-corrected chi connectivity index (χ3v) is 4.53. The quantitative estimate of drug-likeness (QED) is 0.501. The van der Waals surface area contributed by atoms with Gasteiger partial charge in [0.25, 0.3) is 11.8 Å². The number of carbonyl (C=O) groups is 3. The number of nitrogens with one attached hydrogen (secondary N) is 1. The number of nitrogens with two attached hydrogens (primary N) is 1. The number of aromatic nitrogens is 2. The fourth-order valence-corrected chi connectivity index (χ4v) is 3.11. The van der Waals surface area contributed by atoms with Crippen molar-refractivity contribution in [1.29, 1.82) is 0 Å². The van der Waals surface area contributed by atoms with Gasteiger partial charge in [0, 0.05) is 6.42 Å². The molecule has 0 aliphatic carbocycles. The molecular formula is C22H19F3N4O4. The molecule has 2 amide bonds. The van der Waals surface area contributed by atoms with Crippen molar-refractivity contribution < 1.29 is 32.3 Å². The van der Waals surface area contributed by atoms with Crippen LogP contribution in [0, 0.1) is 6.92 Å². The minimum Gasteiger partial charge on any atom is -0.406 e. The van der Waals surface area contributed by atoms with E-state index in [2.05, 4.69) is 15.2 Å². The maximum Gasteiger partial charge on any atom is 0.573 e. The van der Waals surface area contributed by atoms with Crippen LogP contribution in [0.5, 0.6) is 5.75 Å². The molecule has 0 saturated heterocycles. The van der Waals surface area contributed by atoms with Gasteiger partial charge in [0.2, 0.25) is 5.78 Å². The second-order valence-corrected chi connectivity index (χ2v) is 7.07. The van der Waals surface area contributed by atoms with Crippen LogP contribution in [0.15, 0.2) is 60.7 Å². The first-order chi connectivity index (χ1) is 15.5. The average molecular weight is 460 g/mol.